The van der Waals surface area contributed by atoms with Gasteiger partial charge in [-0.3, -0.25) is 0 Å². The number of thioether (sulfide) groups is 3. The lowest BCUT2D eigenvalue weighted by Gasteiger charge is -2.10. The standard InChI is InChI=1S/C13H15BrOS3/c1-9(15)6-16-7-12-8-17-13(18-12)10-2-4-11(14)5-3-10/h2-5,8-9,13,15H,6-7H2,1H3. The Hall–Kier alpha value is 0.450. The van der Waals surface area contributed by atoms with Crippen LogP contribution in [0.15, 0.2) is 39.1 Å². The van der Waals surface area contributed by atoms with Crippen LogP contribution in [-0.2, 0) is 0 Å². The molecule has 2 unspecified atom stereocenters. The van der Waals surface area contributed by atoms with Crippen LogP contribution in [0.4, 0.5) is 0 Å². The van der Waals surface area contributed by atoms with Crippen molar-refractivity contribution in [2.45, 2.75) is 17.6 Å². The summed E-state index contributed by atoms with van der Waals surface area (Å²) in [4.78, 5) is 1.42. The van der Waals surface area contributed by atoms with E-state index in [-0.39, 0.29) is 6.10 Å². The van der Waals surface area contributed by atoms with E-state index in [1.54, 1.807) is 11.8 Å². The summed E-state index contributed by atoms with van der Waals surface area (Å²) in [5.41, 5.74) is 1.36. The van der Waals surface area contributed by atoms with Gasteiger partial charge in [-0.05, 0) is 30.0 Å². The minimum atomic E-state index is -0.211. The number of hydrogen-bond acceptors (Lipinski definition) is 4. The van der Waals surface area contributed by atoms with E-state index >= 15 is 0 Å². The quantitative estimate of drug-likeness (QED) is 0.804. The van der Waals surface area contributed by atoms with Crippen molar-refractivity contribution in [1.29, 1.82) is 0 Å². The summed E-state index contributed by atoms with van der Waals surface area (Å²) in [7, 11) is 0. The summed E-state index contributed by atoms with van der Waals surface area (Å²) in [6.07, 6.45) is -0.211. The van der Waals surface area contributed by atoms with Gasteiger partial charge in [0.25, 0.3) is 0 Å². The van der Waals surface area contributed by atoms with Crippen molar-refractivity contribution in [2.24, 2.45) is 0 Å². The van der Waals surface area contributed by atoms with E-state index in [2.05, 4.69) is 45.6 Å². The van der Waals surface area contributed by atoms with Gasteiger partial charge in [0.2, 0.25) is 0 Å². The van der Waals surface area contributed by atoms with Crippen LogP contribution in [0.5, 0.6) is 0 Å². The molecule has 1 N–H and O–H groups in total. The van der Waals surface area contributed by atoms with Gasteiger partial charge in [0, 0.05) is 20.9 Å². The minimum absolute atomic E-state index is 0.211. The molecule has 18 heavy (non-hydrogen) atoms. The summed E-state index contributed by atoms with van der Waals surface area (Å²) in [6, 6.07) is 8.54. The molecule has 0 fully saturated rings. The van der Waals surface area contributed by atoms with Crippen LogP contribution in [0.3, 0.4) is 0 Å². The van der Waals surface area contributed by atoms with E-state index in [9.17, 15) is 5.11 Å². The maximum Gasteiger partial charge on any atom is 0.0837 e. The zero-order valence-electron chi connectivity index (χ0n) is 10.0. The highest BCUT2D eigenvalue weighted by Crippen LogP contribution is 2.51. The Morgan fingerprint density at radius 1 is 1.39 bits per heavy atom. The third-order valence-corrected chi connectivity index (χ3v) is 7.03. The number of rotatable bonds is 5. The highest BCUT2D eigenvalue weighted by molar-refractivity contribution is 9.10. The van der Waals surface area contributed by atoms with Gasteiger partial charge < -0.3 is 5.11 Å². The molecule has 1 aromatic carbocycles. The molecule has 1 heterocycles. The molecule has 0 amide bonds. The Morgan fingerprint density at radius 3 is 2.78 bits per heavy atom. The Balaban J connectivity index is 1.81. The molecule has 0 spiro atoms. The summed E-state index contributed by atoms with van der Waals surface area (Å²) in [5, 5.41) is 11.5. The van der Waals surface area contributed by atoms with Crippen LogP contribution in [0.1, 0.15) is 17.1 Å². The lowest BCUT2D eigenvalue weighted by molar-refractivity contribution is 0.220. The van der Waals surface area contributed by atoms with Crippen LogP contribution < -0.4 is 0 Å². The molecular weight excluding hydrogens is 348 g/mol. The maximum atomic E-state index is 9.23. The van der Waals surface area contributed by atoms with Crippen LogP contribution >= 0.6 is 51.2 Å². The van der Waals surface area contributed by atoms with Crippen molar-refractivity contribution in [3.05, 3.63) is 44.6 Å². The summed E-state index contributed by atoms with van der Waals surface area (Å²) in [5.74, 6) is 1.82. The van der Waals surface area contributed by atoms with Crippen LogP contribution in [-0.4, -0.2) is 22.7 Å². The lowest BCUT2D eigenvalue weighted by atomic mass is 10.2. The van der Waals surface area contributed by atoms with E-state index in [1.807, 2.05) is 30.4 Å². The van der Waals surface area contributed by atoms with Crippen molar-refractivity contribution in [1.82, 2.24) is 0 Å². The molecule has 0 saturated heterocycles. The number of hydrogen-bond donors (Lipinski definition) is 1. The molecule has 1 aromatic rings. The molecule has 1 aliphatic heterocycles. The second-order valence-corrected chi connectivity index (χ2v) is 8.54. The summed E-state index contributed by atoms with van der Waals surface area (Å²) < 4.78 is 1.61. The molecule has 2 atom stereocenters. The second-order valence-electron chi connectivity index (χ2n) is 4.09. The first kappa shape index (κ1) is 14.9. The lowest BCUT2D eigenvalue weighted by Crippen LogP contribution is -2.03. The minimum Gasteiger partial charge on any atom is -0.393 e. The van der Waals surface area contributed by atoms with Crippen LogP contribution in [0, 0.1) is 0 Å². The average Bonchev–Trinajstić information content (AvgIpc) is 2.78. The first-order chi connectivity index (χ1) is 8.65. The molecular formula is C13H15BrOS3. The monoisotopic (exact) mass is 362 g/mol. The van der Waals surface area contributed by atoms with Gasteiger partial charge in [-0.2, -0.15) is 11.8 Å². The van der Waals surface area contributed by atoms with Gasteiger partial charge in [0.15, 0.2) is 0 Å². The molecule has 1 aliphatic rings. The second kappa shape index (κ2) is 7.29. The molecule has 0 aromatic heterocycles. The van der Waals surface area contributed by atoms with E-state index in [4.69, 9.17) is 0 Å². The zero-order chi connectivity index (χ0) is 13.0. The SMILES string of the molecule is CC(O)CSCC1=CSC(c2ccc(Br)cc2)S1. The highest BCUT2D eigenvalue weighted by Gasteiger charge is 2.20. The van der Waals surface area contributed by atoms with Gasteiger partial charge >= 0.3 is 0 Å². The molecule has 0 radical (unpaired) electrons. The molecule has 1 nitrogen and oxygen atoms in total. The fourth-order valence-corrected chi connectivity index (χ4v) is 5.52. The summed E-state index contributed by atoms with van der Waals surface area (Å²) >= 11 is 9.06. The van der Waals surface area contributed by atoms with Crippen LogP contribution in [0.2, 0.25) is 0 Å². The Kier molecular flexibility index (Phi) is 6.01. The van der Waals surface area contributed by atoms with E-state index in [0.717, 1.165) is 16.0 Å². The number of halogens is 1. The summed E-state index contributed by atoms with van der Waals surface area (Å²) in [6.45, 7) is 1.84. The Morgan fingerprint density at radius 2 is 2.11 bits per heavy atom. The van der Waals surface area contributed by atoms with Crippen molar-refractivity contribution in [2.75, 3.05) is 11.5 Å². The van der Waals surface area contributed by atoms with Crippen molar-refractivity contribution in [3.63, 3.8) is 0 Å². The predicted octanol–water partition coefficient (Wildman–Crippen LogP) is 4.88. The zero-order valence-corrected chi connectivity index (χ0v) is 14.0. The van der Waals surface area contributed by atoms with E-state index in [1.165, 1.54) is 10.5 Å². The Labute approximate surface area is 129 Å². The third-order valence-electron chi connectivity index (χ3n) is 2.33. The molecule has 2 rings (SSSR count). The van der Waals surface area contributed by atoms with Crippen molar-refractivity contribution >= 4 is 51.2 Å². The normalized spacial score (nSPS) is 20.8. The first-order valence-corrected chi connectivity index (χ1v) is 9.44. The predicted molar refractivity (Wildman–Crippen MR) is 89.2 cm³/mol. The van der Waals surface area contributed by atoms with Gasteiger partial charge in [-0.15, -0.1) is 23.5 Å². The van der Waals surface area contributed by atoms with Gasteiger partial charge in [0.05, 0.1) is 10.7 Å². The van der Waals surface area contributed by atoms with Crippen molar-refractivity contribution in [3.8, 4) is 0 Å². The molecule has 98 valence electrons. The van der Waals surface area contributed by atoms with E-state index < -0.39 is 0 Å². The van der Waals surface area contributed by atoms with Gasteiger partial charge in [0.1, 0.15) is 0 Å². The first-order valence-electron chi connectivity index (χ1n) is 5.67. The third kappa shape index (κ3) is 4.53. The average molecular weight is 363 g/mol. The Bertz CT molecular complexity index is 417. The molecule has 0 saturated carbocycles. The largest absolute Gasteiger partial charge is 0.393 e. The van der Waals surface area contributed by atoms with Gasteiger partial charge in [-0.25, -0.2) is 0 Å². The van der Waals surface area contributed by atoms with E-state index in [0.29, 0.717) is 4.58 Å². The van der Waals surface area contributed by atoms with Crippen molar-refractivity contribution < 1.29 is 5.11 Å². The number of benzene rings is 1. The van der Waals surface area contributed by atoms with Gasteiger partial charge in [-0.1, -0.05) is 28.1 Å². The molecule has 5 heteroatoms. The molecule has 0 aliphatic carbocycles. The fraction of sp³-hybridized carbons (Fsp3) is 0.385. The van der Waals surface area contributed by atoms with Crippen LogP contribution in [0.25, 0.3) is 0 Å². The fourth-order valence-electron chi connectivity index (χ4n) is 1.50. The number of aliphatic hydroxyl groups excluding tert-OH is 1. The highest BCUT2D eigenvalue weighted by atomic mass is 79.9. The number of aliphatic hydroxyl groups is 1. The smallest absolute Gasteiger partial charge is 0.0837 e. The maximum absolute atomic E-state index is 9.23. The molecule has 0 bridgehead atoms. The topological polar surface area (TPSA) is 20.2 Å².